The van der Waals surface area contributed by atoms with Crippen molar-refractivity contribution in [2.45, 2.75) is 6.42 Å². The number of aromatic nitrogens is 2. The number of para-hydroxylation sites is 3. The number of benzene rings is 3. The molecule has 0 radical (unpaired) electrons. The fourth-order valence-corrected chi connectivity index (χ4v) is 3.16. The summed E-state index contributed by atoms with van der Waals surface area (Å²) in [5, 5.41) is 4.30. The van der Waals surface area contributed by atoms with Crippen molar-refractivity contribution in [3.8, 4) is 17.2 Å². The molecule has 4 rings (SSSR count). The second kappa shape index (κ2) is 8.48. The molecule has 0 saturated heterocycles. The lowest BCUT2D eigenvalue weighted by Crippen LogP contribution is -2.08. The Morgan fingerprint density at radius 2 is 1.66 bits per heavy atom. The summed E-state index contributed by atoms with van der Waals surface area (Å²) < 4.78 is 11.5. The Labute approximate surface area is 169 Å². The number of methoxy groups -OCH3 is 1. The van der Waals surface area contributed by atoms with Crippen LogP contribution in [0.25, 0.3) is 10.9 Å². The van der Waals surface area contributed by atoms with Gasteiger partial charge in [0.1, 0.15) is 17.9 Å². The van der Waals surface area contributed by atoms with Crippen molar-refractivity contribution in [1.29, 1.82) is 0 Å². The molecule has 3 N–H and O–H groups in total. The normalized spacial score (nSPS) is 10.7. The SMILES string of the molecule is COc1ccccc1Oc1ccccc1CCNc1ncnc2ccc(N)cc12. The zero-order valence-corrected chi connectivity index (χ0v) is 16.1. The number of hydrogen-bond donors (Lipinski definition) is 2. The summed E-state index contributed by atoms with van der Waals surface area (Å²) >= 11 is 0. The van der Waals surface area contributed by atoms with Crippen molar-refractivity contribution >= 4 is 22.4 Å². The Hall–Kier alpha value is -3.80. The van der Waals surface area contributed by atoms with Crippen LogP contribution >= 0.6 is 0 Å². The van der Waals surface area contributed by atoms with Crippen LogP contribution in [0.2, 0.25) is 0 Å². The molecule has 6 nitrogen and oxygen atoms in total. The molecule has 0 fully saturated rings. The summed E-state index contributed by atoms with van der Waals surface area (Å²) in [7, 11) is 1.64. The quantitative estimate of drug-likeness (QED) is 0.449. The molecule has 0 aliphatic heterocycles. The third kappa shape index (κ3) is 4.21. The van der Waals surface area contributed by atoms with Gasteiger partial charge in [0.25, 0.3) is 0 Å². The summed E-state index contributed by atoms with van der Waals surface area (Å²) in [6.07, 6.45) is 2.32. The molecule has 4 aromatic rings. The molecule has 0 spiro atoms. The predicted molar refractivity (Wildman–Crippen MR) is 116 cm³/mol. The largest absolute Gasteiger partial charge is 0.493 e. The summed E-state index contributed by atoms with van der Waals surface area (Å²) in [6.45, 7) is 0.688. The highest BCUT2D eigenvalue weighted by Gasteiger charge is 2.09. The average Bonchev–Trinajstić information content (AvgIpc) is 2.75. The van der Waals surface area contributed by atoms with Crippen LogP contribution in [-0.2, 0) is 6.42 Å². The zero-order chi connectivity index (χ0) is 20.1. The number of rotatable bonds is 7. The monoisotopic (exact) mass is 386 g/mol. The predicted octanol–water partition coefficient (Wildman–Crippen LogP) is 4.67. The number of hydrogen-bond acceptors (Lipinski definition) is 6. The lowest BCUT2D eigenvalue weighted by molar-refractivity contribution is 0.377. The second-order valence-corrected chi connectivity index (χ2v) is 6.54. The van der Waals surface area contributed by atoms with Crippen LogP contribution in [0.15, 0.2) is 73.1 Å². The van der Waals surface area contributed by atoms with Crippen molar-refractivity contribution in [2.24, 2.45) is 0 Å². The molecule has 0 atom stereocenters. The van der Waals surface area contributed by atoms with E-state index in [0.29, 0.717) is 23.7 Å². The van der Waals surface area contributed by atoms with Gasteiger partial charge >= 0.3 is 0 Å². The highest BCUT2D eigenvalue weighted by molar-refractivity contribution is 5.91. The van der Waals surface area contributed by atoms with Gasteiger partial charge in [-0.05, 0) is 48.4 Å². The molecule has 0 aliphatic rings. The van der Waals surface area contributed by atoms with Crippen LogP contribution in [0, 0.1) is 0 Å². The van der Waals surface area contributed by atoms with E-state index in [0.717, 1.165) is 34.5 Å². The standard InChI is InChI=1S/C23H22N4O2/c1-28-21-8-4-5-9-22(21)29-20-7-3-2-6-16(20)12-13-25-23-18-14-17(24)10-11-19(18)26-15-27-23/h2-11,14-15H,12-13,24H2,1H3,(H,25,26,27). The third-order valence-corrected chi connectivity index (χ3v) is 4.61. The molecule has 1 heterocycles. The van der Waals surface area contributed by atoms with Crippen LogP contribution in [0.3, 0.4) is 0 Å². The van der Waals surface area contributed by atoms with Crippen LogP contribution in [0.4, 0.5) is 11.5 Å². The van der Waals surface area contributed by atoms with Gasteiger partial charge in [0.05, 0.1) is 12.6 Å². The molecule has 0 bridgehead atoms. The first-order chi connectivity index (χ1) is 14.2. The van der Waals surface area contributed by atoms with Crippen LogP contribution in [0.1, 0.15) is 5.56 Å². The van der Waals surface area contributed by atoms with Crippen LogP contribution < -0.4 is 20.5 Å². The van der Waals surface area contributed by atoms with E-state index in [2.05, 4.69) is 21.4 Å². The first-order valence-corrected chi connectivity index (χ1v) is 9.37. The molecular formula is C23H22N4O2. The lowest BCUT2D eigenvalue weighted by atomic mass is 10.1. The fourth-order valence-electron chi connectivity index (χ4n) is 3.16. The first-order valence-electron chi connectivity index (χ1n) is 9.37. The topological polar surface area (TPSA) is 82.3 Å². The second-order valence-electron chi connectivity index (χ2n) is 6.54. The minimum atomic E-state index is 0.686. The first kappa shape index (κ1) is 18.6. The van der Waals surface area contributed by atoms with Crippen molar-refractivity contribution in [2.75, 3.05) is 24.7 Å². The van der Waals surface area contributed by atoms with E-state index in [-0.39, 0.29) is 0 Å². The van der Waals surface area contributed by atoms with E-state index >= 15 is 0 Å². The summed E-state index contributed by atoms with van der Waals surface area (Å²) in [5.41, 5.74) is 8.55. The molecule has 0 unspecified atom stereocenters. The summed E-state index contributed by atoms with van der Waals surface area (Å²) in [5.74, 6) is 2.96. The van der Waals surface area contributed by atoms with Crippen molar-refractivity contribution < 1.29 is 9.47 Å². The van der Waals surface area contributed by atoms with Crippen molar-refractivity contribution in [3.63, 3.8) is 0 Å². The third-order valence-electron chi connectivity index (χ3n) is 4.61. The Morgan fingerprint density at radius 3 is 2.48 bits per heavy atom. The minimum absolute atomic E-state index is 0.686. The van der Waals surface area contributed by atoms with E-state index < -0.39 is 0 Å². The molecule has 0 amide bonds. The molecular weight excluding hydrogens is 364 g/mol. The van der Waals surface area contributed by atoms with Gasteiger partial charge < -0.3 is 20.5 Å². The van der Waals surface area contributed by atoms with Gasteiger partial charge in [-0.3, -0.25) is 0 Å². The van der Waals surface area contributed by atoms with E-state index in [1.165, 1.54) is 0 Å². The maximum Gasteiger partial charge on any atom is 0.169 e. The van der Waals surface area contributed by atoms with Crippen LogP contribution in [0.5, 0.6) is 17.2 Å². The Balaban J connectivity index is 1.49. The van der Waals surface area contributed by atoms with Gasteiger partial charge in [-0.25, -0.2) is 9.97 Å². The van der Waals surface area contributed by atoms with Gasteiger partial charge in [0, 0.05) is 17.6 Å². The highest BCUT2D eigenvalue weighted by atomic mass is 16.5. The van der Waals surface area contributed by atoms with Gasteiger partial charge in [0.2, 0.25) is 0 Å². The number of nitrogens with two attached hydrogens (primary N) is 1. The van der Waals surface area contributed by atoms with Crippen molar-refractivity contribution in [3.05, 3.63) is 78.6 Å². The van der Waals surface area contributed by atoms with Crippen LogP contribution in [-0.4, -0.2) is 23.6 Å². The Bertz CT molecular complexity index is 1130. The van der Waals surface area contributed by atoms with E-state index in [4.69, 9.17) is 15.2 Å². The molecule has 6 heteroatoms. The molecule has 146 valence electrons. The summed E-state index contributed by atoms with van der Waals surface area (Å²) in [4.78, 5) is 8.65. The number of nitrogens with one attached hydrogen (secondary N) is 1. The number of nitrogen functional groups attached to an aromatic ring is 1. The molecule has 0 saturated carbocycles. The van der Waals surface area contributed by atoms with Gasteiger partial charge in [-0.2, -0.15) is 0 Å². The molecule has 29 heavy (non-hydrogen) atoms. The van der Waals surface area contributed by atoms with Crippen molar-refractivity contribution in [1.82, 2.24) is 9.97 Å². The zero-order valence-electron chi connectivity index (χ0n) is 16.1. The molecule has 1 aromatic heterocycles. The maximum absolute atomic E-state index is 6.13. The summed E-state index contributed by atoms with van der Waals surface area (Å²) in [6, 6.07) is 21.2. The Kier molecular flexibility index (Phi) is 5.42. The Morgan fingerprint density at radius 1 is 0.897 bits per heavy atom. The van der Waals surface area contributed by atoms with E-state index in [9.17, 15) is 0 Å². The smallest absolute Gasteiger partial charge is 0.169 e. The number of nitrogens with zero attached hydrogens (tertiary/aromatic N) is 2. The molecule has 3 aromatic carbocycles. The number of ether oxygens (including phenoxy) is 2. The lowest BCUT2D eigenvalue weighted by Gasteiger charge is -2.14. The number of anilines is 2. The van der Waals surface area contributed by atoms with E-state index in [1.807, 2.05) is 60.7 Å². The number of fused-ring (bicyclic) bond motifs is 1. The van der Waals surface area contributed by atoms with Gasteiger partial charge in [-0.15, -0.1) is 0 Å². The van der Waals surface area contributed by atoms with E-state index in [1.54, 1.807) is 13.4 Å². The van der Waals surface area contributed by atoms with Gasteiger partial charge in [0.15, 0.2) is 11.5 Å². The maximum atomic E-state index is 6.13. The molecule has 0 aliphatic carbocycles. The fraction of sp³-hybridized carbons (Fsp3) is 0.130. The van der Waals surface area contributed by atoms with Gasteiger partial charge in [-0.1, -0.05) is 30.3 Å². The highest BCUT2D eigenvalue weighted by Crippen LogP contribution is 2.32. The average molecular weight is 386 g/mol. The minimum Gasteiger partial charge on any atom is -0.493 e.